The van der Waals surface area contributed by atoms with Gasteiger partial charge in [0, 0.05) is 44.4 Å². The van der Waals surface area contributed by atoms with Crippen molar-refractivity contribution in [1.29, 1.82) is 0 Å². The Balaban J connectivity index is 1.15. The van der Waals surface area contributed by atoms with Crippen molar-refractivity contribution in [2.75, 3.05) is 5.32 Å². The Kier molecular flexibility index (Phi) is 7.62. The zero-order valence-electron chi connectivity index (χ0n) is 18.4. The first-order chi connectivity index (χ1) is 16.7. The summed E-state index contributed by atoms with van der Waals surface area (Å²) in [5.41, 5.74) is 2.01. The Hall–Kier alpha value is -4.48. The van der Waals surface area contributed by atoms with E-state index in [2.05, 4.69) is 41.2 Å². The Morgan fingerprint density at radius 1 is 0.853 bits per heavy atom. The molecule has 12 heteroatoms. The number of amides is 2. The molecule has 12 nitrogen and oxygen atoms in total. The maximum Gasteiger partial charge on any atom is 0.273 e. The molecule has 174 valence electrons. The van der Waals surface area contributed by atoms with Crippen molar-refractivity contribution >= 4 is 17.6 Å². The summed E-state index contributed by atoms with van der Waals surface area (Å²) in [5, 5.41) is 21.5. The highest BCUT2D eigenvalue weighted by Gasteiger charge is 2.11. The fraction of sp³-hybridized carbons (Fsp3) is 0.273. The molecule has 0 aliphatic heterocycles. The van der Waals surface area contributed by atoms with Crippen LogP contribution in [0.5, 0.6) is 0 Å². The van der Waals surface area contributed by atoms with Crippen molar-refractivity contribution in [1.82, 2.24) is 45.3 Å². The van der Waals surface area contributed by atoms with Gasteiger partial charge in [-0.15, -0.1) is 10.2 Å². The molecule has 2 N–H and O–H groups in total. The molecule has 4 heterocycles. The number of unbranched alkanes of at least 4 members (excludes halogenated alkanes) is 1. The molecule has 0 fully saturated rings. The third-order valence-corrected chi connectivity index (χ3v) is 4.87. The summed E-state index contributed by atoms with van der Waals surface area (Å²) < 4.78 is 3.32. The van der Waals surface area contributed by atoms with E-state index in [1.54, 1.807) is 52.6 Å². The van der Waals surface area contributed by atoms with E-state index in [-0.39, 0.29) is 23.9 Å². The largest absolute Gasteiger partial charge is 0.346 e. The minimum Gasteiger partial charge on any atom is -0.346 e. The molecule has 4 aromatic heterocycles. The van der Waals surface area contributed by atoms with Gasteiger partial charge in [-0.1, -0.05) is 22.6 Å². The average molecular weight is 461 g/mol. The Morgan fingerprint density at radius 2 is 1.53 bits per heavy atom. The van der Waals surface area contributed by atoms with Gasteiger partial charge in [0.2, 0.25) is 5.91 Å². The summed E-state index contributed by atoms with van der Waals surface area (Å²) in [6.45, 7) is 1.63. The van der Waals surface area contributed by atoms with Gasteiger partial charge in [0.1, 0.15) is 0 Å². The van der Waals surface area contributed by atoms with Gasteiger partial charge >= 0.3 is 0 Å². The third-order valence-electron chi connectivity index (χ3n) is 4.87. The molecule has 0 aliphatic carbocycles. The molecule has 4 rings (SSSR count). The summed E-state index contributed by atoms with van der Waals surface area (Å²) >= 11 is 0. The number of aromatic nitrogens is 8. The first-order valence-electron chi connectivity index (χ1n) is 10.8. The van der Waals surface area contributed by atoms with Crippen LogP contribution in [0.4, 0.5) is 5.82 Å². The van der Waals surface area contributed by atoms with Crippen LogP contribution in [-0.2, 0) is 30.8 Å². The fourth-order valence-corrected chi connectivity index (χ4v) is 3.18. The average Bonchev–Trinajstić information content (AvgIpc) is 3.51. The van der Waals surface area contributed by atoms with Crippen molar-refractivity contribution < 1.29 is 9.59 Å². The summed E-state index contributed by atoms with van der Waals surface area (Å²) in [6.07, 6.45) is 11.9. The summed E-state index contributed by atoms with van der Waals surface area (Å²) in [6, 6.07) is 7.34. The molecule has 0 spiro atoms. The van der Waals surface area contributed by atoms with Gasteiger partial charge in [0.15, 0.2) is 11.5 Å². The number of carbonyl (C=O) groups is 2. The number of anilines is 1. The second-order valence-electron chi connectivity index (χ2n) is 7.57. The third kappa shape index (κ3) is 6.76. The van der Waals surface area contributed by atoms with E-state index in [1.807, 2.05) is 18.2 Å². The second kappa shape index (κ2) is 11.4. The van der Waals surface area contributed by atoms with Crippen molar-refractivity contribution in [2.24, 2.45) is 0 Å². The molecule has 2 amide bonds. The standard InChI is InChI=1S/C22H24N10O2/c33-21(11-17-5-3-7-23-12-17)26-20-16-32(30-28-20)10-2-1-9-31-15-19(27-29-31)22(34)25-14-18-6-4-8-24-13-18/h3-8,12-13,15-16H,1-2,9-11,14H2,(H,25,34)(H,26,33). The number of nitrogens with zero attached hydrogens (tertiary/aromatic N) is 8. The van der Waals surface area contributed by atoms with E-state index in [4.69, 9.17) is 0 Å². The van der Waals surface area contributed by atoms with Crippen LogP contribution in [0.2, 0.25) is 0 Å². The molecule has 0 aromatic carbocycles. The van der Waals surface area contributed by atoms with Crippen molar-refractivity contribution in [3.05, 3.63) is 78.3 Å². The summed E-state index contributed by atoms with van der Waals surface area (Å²) in [4.78, 5) is 32.4. The lowest BCUT2D eigenvalue weighted by atomic mass is 10.2. The minimum atomic E-state index is -0.282. The lowest BCUT2D eigenvalue weighted by Crippen LogP contribution is -2.23. The van der Waals surface area contributed by atoms with Gasteiger partial charge in [-0.05, 0) is 36.1 Å². The normalized spacial score (nSPS) is 10.7. The first-order valence-corrected chi connectivity index (χ1v) is 10.8. The van der Waals surface area contributed by atoms with Gasteiger partial charge < -0.3 is 10.6 Å². The minimum absolute atomic E-state index is 0.175. The molecule has 0 saturated heterocycles. The molecular formula is C22H24N10O2. The van der Waals surface area contributed by atoms with Crippen molar-refractivity contribution in [3.8, 4) is 0 Å². The number of hydrogen-bond donors (Lipinski definition) is 2. The first kappa shape index (κ1) is 22.7. The number of aryl methyl sites for hydroxylation is 2. The predicted octanol–water partition coefficient (Wildman–Crippen LogP) is 1.25. The van der Waals surface area contributed by atoms with Crippen molar-refractivity contribution in [2.45, 2.75) is 38.9 Å². The number of rotatable bonds is 11. The van der Waals surface area contributed by atoms with Crippen molar-refractivity contribution in [3.63, 3.8) is 0 Å². The SMILES string of the molecule is O=C(Cc1cccnc1)Nc1cn(CCCCn2cc(C(=O)NCc3cccnc3)nn2)nn1. The van der Waals surface area contributed by atoms with Gasteiger partial charge in [0.25, 0.3) is 5.91 Å². The number of nitrogens with one attached hydrogen (secondary N) is 2. The highest BCUT2D eigenvalue weighted by Crippen LogP contribution is 2.05. The molecule has 0 atom stereocenters. The summed E-state index contributed by atoms with van der Waals surface area (Å²) in [7, 11) is 0. The maximum absolute atomic E-state index is 12.2. The second-order valence-corrected chi connectivity index (χ2v) is 7.57. The number of pyridine rings is 2. The topological polar surface area (TPSA) is 145 Å². The fourth-order valence-electron chi connectivity index (χ4n) is 3.18. The molecule has 0 aliphatic rings. The number of carbonyl (C=O) groups excluding carboxylic acids is 2. The lowest BCUT2D eigenvalue weighted by molar-refractivity contribution is -0.115. The van der Waals surface area contributed by atoms with Crippen LogP contribution < -0.4 is 10.6 Å². The van der Waals surface area contributed by atoms with E-state index in [9.17, 15) is 9.59 Å². The quantitative estimate of drug-likeness (QED) is 0.318. The Labute approximate surface area is 195 Å². The Bertz CT molecular complexity index is 1210. The predicted molar refractivity (Wildman–Crippen MR) is 121 cm³/mol. The van der Waals surface area contributed by atoms with E-state index in [1.165, 1.54) is 0 Å². The van der Waals surface area contributed by atoms with E-state index in [0.29, 0.717) is 25.5 Å². The molecule has 0 unspecified atom stereocenters. The van der Waals surface area contributed by atoms with Gasteiger partial charge in [-0.2, -0.15) is 0 Å². The molecule has 4 aromatic rings. The summed E-state index contributed by atoms with van der Waals surface area (Å²) in [5.74, 6) is -0.0468. The van der Waals surface area contributed by atoms with Gasteiger partial charge in [-0.25, -0.2) is 0 Å². The van der Waals surface area contributed by atoms with Crippen LogP contribution in [0.1, 0.15) is 34.5 Å². The van der Waals surface area contributed by atoms with Crippen LogP contribution in [0.25, 0.3) is 0 Å². The Morgan fingerprint density at radius 3 is 2.24 bits per heavy atom. The smallest absolute Gasteiger partial charge is 0.273 e. The number of hydrogen-bond acceptors (Lipinski definition) is 8. The monoisotopic (exact) mass is 460 g/mol. The van der Waals surface area contributed by atoms with E-state index >= 15 is 0 Å². The highest BCUT2D eigenvalue weighted by atomic mass is 16.2. The van der Waals surface area contributed by atoms with Crippen LogP contribution in [0, 0.1) is 0 Å². The van der Waals surface area contributed by atoms with E-state index < -0.39 is 0 Å². The molecule has 0 radical (unpaired) electrons. The zero-order chi connectivity index (χ0) is 23.6. The maximum atomic E-state index is 12.2. The highest BCUT2D eigenvalue weighted by molar-refractivity contribution is 5.92. The molecular weight excluding hydrogens is 436 g/mol. The molecule has 0 bridgehead atoms. The van der Waals surface area contributed by atoms with E-state index in [0.717, 1.165) is 24.0 Å². The molecule has 0 saturated carbocycles. The lowest BCUT2D eigenvalue weighted by Gasteiger charge is -2.02. The van der Waals surface area contributed by atoms with Gasteiger partial charge in [-0.3, -0.25) is 28.9 Å². The van der Waals surface area contributed by atoms with Crippen LogP contribution in [-0.4, -0.2) is 51.8 Å². The van der Waals surface area contributed by atoms with Gasteiger partial charge in [0.05, 0.1) is 18.8 Å². The van der Waals surface area contributed by atoms with Crippen LogP contribution in [0.3, 0.4) is 0 Å². The zero-order valence-corrected chi connectivity index (χ0v) is 18.4. The molecule has 34 heavy (non-hydrogen) atoms. The van der Waals surface area contributed by atoms with Crippen LogP contribution >= 0.6 is 0 Å². The van der Waals surface area contributed by atoms with Crippen LogP contribution in [0.15, 0.2) is 61.4 Å².